The Balaban J connectivity index is 1.74. The number of fused-ring (bicyclic) bond motifs is 1. The number of alkyl halides is 6. The smallest absolute Gasteiger partial charge is 0.378 e. The van der Waals surface area contributed by atoms with Crippen molar-refractivity contribution in [2.24, 2.45) is 0 Å². The highest BCUT2D eigenvalue weighted by atomic mass is 32.1. The van der Waals surface area contributed by atoms with Gasteiger partial charge < -0.3 is 9.47 Å². The van der Waals surface area contributed by atoms with E-state index in [1.165, 1.54) is 29.5 Å². The molecule has 3 aromatic rings. The molecule has 4 nitrogen and oxygen atoms in total. The van der Waals surface area contributed by atoms with Gasteiger partial charge in [-0.2, -0.15) is 26.3 Å². The Kier molecular flexibility index (Phi) is 6.49. The largest absolute Gasteiger partial charge is 0.487 e. The van der Waals surface area contributed by atoms with Gasteiger partial charge >= 0.3 is 23.7 Å². The molecule has 1 aromatic carbocycles. The Morgan fingerprint density at radius 2 is 1.78 bits per heavy atom. The molecule has 170 valence electrons. The number of halogens is 6. The zero-order valence-electron chi connectivity index (χ0n) is 16.2. The van der Waals surface area contributed by atoms with Crippen molar-refractivity contribution in [3.63, 3.8) is 0 Å². The fourth-order valence-electron chi connectivity index (χ4n) is 2.60. The number of esters is 1. The van der Waals surface area contributed by atoms with Gasteiger partial charge in [0.15, 0.2) is 13.2 Å². The number of rotatable bonds is 9. The van der Waals surface area contributed by atoms with Gasteiger partial charge in [0.2, 0.25) is 0 Å². The van der Waals surface area contributed by atoms with Crippen molar-refractivity contribution in [1.29, 1.82) is 0 Å². The lowest BCUT2D eigenvalue weighted by atomic mass is 10.1. The number of thiophene rings is 1. The zero-order chi connectivity index (χ0) is 23.6. The molecule has 2 heterocycles. The third kappa shape index (κ3) is 4.72. The Labute approximate surface area is 182 Å². The van der Waals surface area contributed by atoms with Crippen LogP contribution in [-0.2, 0) is 9.53 Å². The standard InChI is InChI=1S/C21H15F6NO3S/c1-2-18(29)31-12-20(24,25)21(26,27)19(22,23)11-30-15-6-5-13-8-16(32-17(13)9-15)14-4-3-7-28-10-14/h2-10H,1,11-12H2. The van der Waals surface area contributed by atoms with Gasteiger partial charge in [-0.05, 0) is 35.7 Å². The molecule has 3 rings (SSSR count). The minimum absolute atomic E-state index is 0.200. The summed E-state index contributed by atoms with van der Waals surface area (Å²) < 4.78 is 92.3. The predicted octanol–water partition coefficient (Wildman–Crippen LogP) is 5.98. The first-order valence-electron chi connectivity index (χ1n) is 8.96. The van der Waals surface area contributed by atoms with Gasteiger partial charge in [0, 0.05) is 33.6 Å². The van der Waals surface area contributed by atoms with E-state index < -0.39 is 37.0 Å². The number of benzene rings is 1. The number of aromatic nitrogens is 1. The van der Waals surface area contributed by atoms with Crippen molar-refractivity contribution in [2.45, 2.75) is 17.8 Å². The van der Waals surface area contributed by atoms with Crippen LogP contribution < -0.4 is 4.74 Å². The van der Waals surface area contributed by atoms with Crippen LogP contribution in [0.25, 0.3) is 20.5 Å². The third-order valence-electron chi connectivity index (χ3n) is 4.34. The molecule has 0 bridgehead atoms. The van der Waals surface area contributed by atoms with Gasteiger partial charge in [-0.1, -0.05) is 12.6 Å². The average molecular weight is 475 g/mol. The van der Waals surface area contributed by atoms with E-state index in [9.17, 15) is 31.1 Å². The van der Waals surface area contributed by atoms with Crippen LogP contribution in [0.1, 0.15) is 0 Å². The quantitative estimate of drug-likeness (QED) is 0.217. The van der Waals surface area contributed by atoms with Crippen LogP contribution in [0.5, 0.6) is 5.75 Å². The minimum atomic E-state index is -5.85. The second kappa shape index (κ2) is 8.81. The summed E-state index contributed by atoms with van der Waals surface area (Å²) >= 11 is 1.29. The Hall–Kier alpha value is -3.08. The number of carbonyl (C=O) groups excluding carboxylic acids is 1. The summed E-state index contributed by atoms with van der Waals surface area (Å²) in [7, 11) is 0. The molecule has 0 fully saturated rings. The fourth-order valence-corrected chi connectivity index (χ4v) is 3.68. The molecular formula is C21H15F6NO3S. The van der Waals surface area contributed by atoms with Crippen molar-refractivity contribution in [3.05, 3.63) is 61.4 Å². The summed E-state index contributed by atoms with van der Waals surface area (Å²) in [6.45, 7) is -1.36. The second-order valence-corrected chi connectivity index (χ2v) is 7.72. The molecule has 0 saturated carbocycles. The number of hydrogen-bond donors (Lipinski definition) is 0. The highest BCUT2D eigenvalue weighted by molar-refractivity contribution is 7.22. The van der Waals surface area contributed by atoms with Crippen LogP contribution in [0.3, 0.4) is 0 Å². The topological polar surface area (TPSA) is 48.4 Å². The first kappa shape index (κ1) is 23.6. The molecule has 0 radical (unpaired) electrons. The van der Waals surface area contributed by atoms with Crippen LogP contribution in [-0.4, -0.2) is 41.9 Å². The van der Waals surface area contributed by atoms with Crippen LogP contribution >= 0.6 is 11.3 Å². The number of ether oxygens (including phenoxy) is 2. The second-order valence-electron chi connectivity index (χ2n) is 6.64. The fraction of sp³-hybridized carbons (Fsp3) is 0.238. The molecule has 0 aliphatic rings. The zero-order valence-corrected chi connectivity index (χ0v) is 17.0. The van der Waals surface area contributed by atoms with E-state index in [0.29, 0.717) is 10.8 Å². The minimum Gasteiger partial charge on any atom is -0.487 e. The van der Waals surface area contributed by atoms with Crippen LogP contribution in [0, 0.1) is 0 Å². The average Bonchev–Trinajstić information content (AvgIpc) is 3.20. The first-order chi connectivity index (χ1) is 15.0. The normalized spacial score (nSPS) is 12.6. The molecule has 0 unspecified atom stereocenters. The monoisotopic (exact) mass is 475 g/mol. The van der Waals surface area contributed by atoms with Gasteiger partial charge in [0.1, 0.15) is 5.75 Å². The molecule has 0 spiro atoms. The summed E-state index contributed by atoms with van der Waals surface area (Å²) in [6, 6.07) is 9.53. The van der Waals surface area contributed by atoms with E-state index in [-0.39, 0.29) is 5.75 Å². The summed E-state index contributed by atoms with van der Waals surface area (Å²) in [5.74, 6) is -18.1. The van der Waals surface area contributed by atoms with E-state index in [2.05, 4.69) is 16.3 Å². The third-order valence-corrected chi connectivity index (χ3v) is 5.49. The molecule has 32 heavy (non-hydrogen) atoms. The molecular weight excluding hydrogens is 460 g/mol. The van der Waals surface area contributed by atoms with Gasteiger partial charge in [-0.25, -0.2) is 4.79 Å². The maximum atomic E-state index is 14.0. The number of carbonyl (C=O) groups is 1. The molecule has 0 saturated heterocycles. The van der Waals surface area contributed by atoms with E-state index in [4.69, 9.17) is 4.74 Å². The molecule has 0 amide bonds. The molecule has 0 atom stereocenters. The van der Waals surface area contributed by atoms with Crippen molar-refractivity contribution < 1.29 is 40.6 Å². The Bertz CT molecular complexity index is 1120. The SMILES string of the molecule is C=CC(=O)OCC(F)(F)C(F)(F)C(F)(F)COc1ccc2cc(-c3cccnc3)sc2c1. The van der Waals surface area contributed by atoms with E-state index in [1.807, 2.05) is 12.1 Å². The maximum Gasteiger partial charge on any atom is 0.378 e. The highest BCUT2D eigenvalue weighted by Crippen LogP contribution is 2.46. The lowest BCUT2D eigenvalue weighted by molar-refractivity contribution is -0.322. The van der Waals surface area contributed by atoms with Crippen molar-refractivity contribution in [3.8, 4) is 16.2 Å². The molecule has 11 heteroatoms. The van der Waals surface area contributed by atoms with Crippen LogP contribution in [0.2, 0.25) is 0 Å². The summed E-state index contributed by atoms with van der Waals surface area (Å²) in [4.78, 5) is 15.7. The highest BCUT2D eigenvalue weighted by Gasteiger charge is 2.72. The number of hydrogen-bond acceptors (Lipinski definition) is 5. The summed E-state index contributed by atoms with van der Waals surface area (Å²) in [6.07, 6.45) is 3.68. The Morgan fingerprint density at radius 3 is 2.44 bits per heavy atom. The van der Waals surface area contributed by atoms with Gasteiger partial charge in [0.25, 0.3) is 0 Å². The van der Waals surface area contributed by atoms with Crippen LogP contribution in [0.4, 0.5) is 26.3 Å². The number of nitrogens with zero attached hydrogens (tertiary/aromatic N) is 1. The molecule has 0 aliphatic heterocycles. The molecule has 0 N–H and O–H groups in total. The number of pyridine rings is 1. The van der Waals surface area contributed by atoms with E-state index in [0.717, 1.165) is 15.8 Å². The van der Waals surface area contributed by atoms with Crippen LogP contribution in [0.15, 0.2) is 61.4 Å². The van der Waals surface area contributed by atoms with Crippen molar-refractivity contribution >= 4 is 27.4 Å². The first-order valence-corrected chi connectivity index (χ1v) is 9.78. The Morgan fingerprint density at radius 1 is 1.06 bits per heavy atom. The van der Waals surface area contributed by atoms with Crippen molar-refractivity contribution in [2.75, 3.05) is 13.2 Å². The van der Waals surface area contributed by atoms with Gasteiger partial charge in [0.05, 0.1) is 0 Å². The van der Waals surface area contributed by atoms with Gasteiger partial charge in [-0.15, -0.1) is 11.3 Å². The summed E-state index contributed by atoms with van der Waals surface area (Å²) in [5.41, 5.74) is 0.821. The molecule has 0 aliphatic carbocycles. The molecule has 2 aromatic heterocycles. The van der Waals surface area contributed by atoms with E-state index in [1.54, 1.807) is 18.5 Å². The maximum absolute atomic E-state index is 14.0. The lowest BCUT2D eigenvalue weighted by Gasteiger charge is -2.32. The predicted molar refractivity (Wildman–Crippen MR) is 107 cm³/mol. The lowest BCUT2D eigenvalue weighted by Crippen LogP contribution is -2.58. The van der Waals surface area contributed by atoms with Crippen molar-refractivity contribution in [1.82, 2.24) is 4.98 Å². The van der Waals surface area contributed by atoms with E-state index >= 15 is 0 Å². The summed E-state index contributed by atoms with van der Waals surface area (Å²) in [5, 5.41) is 0.744. The van der Waals surface area contributed by atoms with Gasteiger partial charge in [-0.3, -0.25) is 4.98 Å².